The number of piperidine rings is 1. The van der Waals surface area contributed by atoms with Crippen LogP contribution >= 0.6 is 0 Å². The zero-order chi connectivity index (χ0) is 21.1. The molecule has 2 heterocycles. The molecule has 4 rings (SSSR count). The van der Waals surface area contributed by atoms with Gasteiger partial charge in [-0.3, -0.25) is 14.5 Å². The third kappa shape index (κ3) is 4.57. The molecule has 1 saturated heterocycles. The highest BCUT2D eigenvalue weighted by molar-refractivity contribution is 5.95. The third-order valence-corrected chi connectivity index (χ3v) is 5.64. The summed E-state index contributed by atoms with van der Waals surface area (Å²) in [4.78, 5) is 26.4. The number of primary amides is 1. The summed E-state index contributed by atoms with van der Waals surface area (Å²) in [5.74, 6) is 0.687. The number of para-hydroxylation sites is 2. The summed E-state index contributed by atoms with van der Waals surface area (Å²) in [5, 5.41) is 2.91. The molecule has 7 nitrogen and oxygen atoms in total. The first-order valence-corrected chi connectivity index (χ1v) is 10.3. The van der Waals surface area contributed by atoms with Gasteiger partial charge in [0.05, 0.1) is 5.92 Å². The van der Waals surface area contributed by atoms with Gasteiger partial charge in [0, 0.05) is 18.8 Å². The number of hydrogen-bond donors (Lipinski definition) is 2. The third-order valence-electron chi connectivity index (χ3n) is 5.64. The highest BCUT2D eigenvalue weighted by Crippen LogP contribution is 2.33. The number of carbonyl (C=O) groups is 2. The van der Waals surface area contributed by atoms with Crippen LogP contribution in [0.2, 0.25) is 0 Å². The van der Waals surface area contributed by atoms with E-state index in [0.717, 1.165) is 31.5 Å². The molecule has 0 saturated carbocycles. The number of nitrogens with zero attached hydrogens (tertiary/aromatic N) is 1. The van der Waals surface area contributed by atoms with Crippen molar-refractivity contribution in [2.75, 3.05) is 18.4 Å². The van der Waals surface area contributed by atoms with E-state index in [2.05, 4.69) is 10.2 Å². The van der Waals surface area contributed by atoms with Gasteiger partial charge in [0.25, 0.3) is 5.91 Å². The second-order valence-corrected chi connectivity index (χ2v) is 7.97. The lowest BCUT2D eigenvalue weighted by Gasteiger charge is -2.31. The van der Waals surface area contributed by atoms with E-state index in [4.69, 9.17) is 15.2 Å². The number of amides is 2. The van der Waals surface area contributed by atoms with Gasteiger partial charge >= 0.3 is 0 Å². The topological polar surface area (TPSA) is 93.9 Å². The molecule has 158 valence electrons. The molecule has 2 aliphatic heterocycles. The van der Waals surface area contributed by atoms with Crippen molar-refractivity contribution < 1.29 is 19.1 Å². The van der Waals surface area contributed by atoms with Crippen LogP contribution in [0.15, 0.2) is 48.5 Å². The lowest BCUT2D eigenvalue weighted by molar-refractivity contribution is -0.128. The Labute approximate surface area is 176 Å². The van der Waals surface area contributed by atoms with Gasteiger partial charge in [0.1, 0.15) is 6.10 Å². The molecule has 3 unspecified atom stereocenters. The second-order valence-electron chi connectivity index (χ2n) is 7.97. The lowest BCUT2D eigenvalue weighted by Crippen LogP contribution is -2.46. The Balaban J connectivity index is 1.34. The molecule has 3 atom stereocenters. The maximum absolute atomic E-state index is 12.7. The van der Waals surface area contributed by atoms with Crippen LogP contribution in [0.25, 0.3) is 0 Å². The van der Waals surface area contributed by atoms with Crippen LogP contribution in [0.4, 0.5) is 5.69 Å². The molecule has 0 aliphatic carbocycles. The summed E-state index contributed by atoms with van der Waals surface area (Å²) in [5.41, 5.74) is 7.29. The van der Waals surface area contributed by atoms with Gasteiger partial charge in [0.15, 0.2) is 11.5 Å². The maximum atomic E-state index is 12.7. The van der Waals surface area contributed by atoms with E-state index in [9.17, 15) is 9.59 Å². The Morgan fingerprint density at radius 3 is 2.50 bits per heavy atom. The molecule has 3 N–H and O–H groups in total. The lowest BCUT2D eigenvalue weighted by atomic mass is 9.97. The number of nitrogens with one attached hydrogen (secondary N) is 1. The van der Waals surface area contributed by atoms with Crippen molar-refractivity contribution in [2.45, 2.75) is 38.5 Å². The molecule has 2 aromatic rings. The molecular formula is C23H27N3O4. The molecule has 1 fully saturated rings. The average Bonchev–Trinajstić information content (AvgIpc) is 2.74. The van der Waals surface area contributed by atoms with E-state index in [1.54, 1.807) is 6.07 Å². The molecule has 0 bridgehead atoms. The average molecular weight is 409 g/mol. The molecule has 2 amide bonds. The number of carbonyl (C=O) groups excluding carboxylic acids is 2. The summed E-state index contributed by atoms with van der Waals surface area (Å²) >= 11 is 0. The van der Waals surface area contributed by atoms with Crippen LogP contribution in [0, 0.1) is 5.92 Å². The van der Waals surface area contributed by atoms with Crippen LogP contribution < -0.4 is 20.5 Å². The fourth-order valence-corrected chi connectivity index (χ4v) is 4.00. The van der Waals surface area contributed by atoms with Crippen molar-refractivity contribution in [2.24, 2.45) is 11.7 Å². The zero-order valence-corrected chi connectivity index (χ0v) is 17.0. The predicted molar refractivity (Wildman–Crippen MR) is 113 cm³/mol. The van der Waals surface area contributed by atoms with Crippen molar-refractivity contribution in [3.8, 4) is 11.5 Å². The minimum atomic E-state index is -0.723. The Morgan fingerprint density at radius 1 is 1.10 bits per heavy atom. The molecule has 30 heavy (non-hydrogen) atoms. The van der Waals surface area contributed by atoms with Crippen LogP contribution in [-0.4, -0.2) is 42.0 Å². The maximum Gasteiger partial charge on any atom is 0.269 e. The normalized spacial score (nSPS) is 23.6. The van der Waals surface area contributed by atoms with E-state index in [0.29, 0.717) is 23.7 Å². The Hall–Kier alpha value is -3.06. The Morgan fingerprint density at radius 2 is 1.80 bits per heavy atom. The monoisotopic (exact) mass is 409 g/mol. The van der Waals surface area contributed by atoms with E-state index >= 15 is 0 Å². The first-order valence-electron chi connectivity index (χ1n) is 10.3. The van der Waals surface area contributed by atoms with Gasteiger partial charge in [-0.25, -0.2) is 0 Å². The fraction of sp³-hybridized carbons (Fsp3) is 0.391. The smallest absolute Gasteiger partial charge is 0.269 e. The van der Waals surface area contributed by atoms with Crippen molar-refractivity contribution in [3.63, 3.8) is 0 Å². The number of likely N-dealkylation sites (tertiary alicyclic amines) is 1. The Bertz CT molecular complexity index is 915. The van der Waals surface area contributed by atoms with Gasteiger partial charge < -0.3 is 20.5 Å². The highest BCUT2D eigenvalue weighted by atomic mass is 16.6. The number of ether oxygens (including phenoxy) is 2. The number of rotatable bonds is 5. The molecular weight excluding hydrogens is 382 g/mol. The fourth-order valence-electron chi connectivity index (χ4n) is 4.00. The van der Waals surface area contributed by atoms with Gasteiger partial charge in [-0.2, -0.15) is 0 Å². The van der Waals surface area contributed by atoms with E-state index < -0.39 is 12.2 Å². The summed E-state index contributed by atoms with van der Waals surface area (Å²) in [6.07, 6.45) is 0.731. The number of anilines is 1. The van der Waals surface area contributed by atoms with Gasteiger partial charge in [-0.1, -0.05) is 24.3 Å². The first kappa shape index (κ1) is 20.2. The van der Waals surface area contributed by atoms with Crippen molar-refractivity contribution in [1.82, 2.24) is 4.90 Å². The van der Waals surface area contributed by atoms with E-state index in [-0.39, 0.29) is 17.7 Å². The van der Waals surface area contributed by atoms with Crippen molar-refractivity contribution in [1.29, 1.82) is 0 Å². The first-order chi connectivity index (χ1) is 14.5. The Kier molecular flexibility index (Phi) is 5.90. The molecule has 2 aliphatic rings. The quantitative estimate of drug-likeness (QED) is 0.792. The summed E-state index contributed by atoms with van der Waals surface area (Å²) in [7, 11) is 0. The van der Waals surface area contributed by atoms with Gasteiger partial charge in [-0.15, -0.1) is 0 Å². The van der Waals surface area contributed by atoms with E-state index in [1.807, 2.05) is 49.4 Å². The van der Waals surface area contributed by atoms with Gasteiger partial charge in [0.2, 0.25) is 12.0 Å². The summed E-state index contributed by atoms with van der Waals surface area (Å²) in [6, 6.07) is 15.1. The number of fused-ring (bicyclic) bond motifs is 1. The molecule has 0 aromatic heterocycles. The molecule has 2 aromatic carbocycles. The number of hydrogen-bond acceptors (Lipinski definition) is 5. The SMILES string of the molecule is CC1Oc2ccccc2OC1C(=O)Nc1ccc(CN2CCCC(C(N)=O)C2)cc1. The second kappa shape index (κ2) is 8.75. The summed E-state index contributed by atoms with van der Waals surface area (Å²) in [6.45, 7) is 4.24. The van der Waals surface area contributed by atoms with Crippen molar-refractivity contribution >= 4 is 17.5 Å². The van der Waals surface area contributed by atoms with Crippen LogP contribution in [0.5, 0.6) is 11.5 Å². The predicted octanol–water partition coefficient (Wildman–Crippen LogP) is 2.55. The summed E-state index contributed by atoms with van der Waals surface area (Å²) < 4.78 is 11.7. The number of benzene rings is 2. The standard InChI is InChI=1S/C23H27N3O4/c1-15-21(30-20-7-3-2-6-19(20)29-15)23(28)25-18-10-8-16(9-11-18)13-26-12-4-5-17(14-26)22(24)27/h2-3,6-11,15,17,21H,4-5,12-14H2,1H3,(H2,24,27)(H,25,28). The van der Waals surface area contributed by atoms with Gasteiger partial charge in [-0.05, 0) is 56.1 Å². The van der Waals surface area contributed by atoms with Crippen LogP contribution in [-0.2, 0) is 16.1 Å². The van der Waals surface area contributed by atoms with Crippen LogP contribution in [0.1, 0.15) is 25.3 Å². The zero-order valence-electron chi connectivity index (χ0n) is 17.0. The minimum Gasteiger partial charge on any atom is -0.482 e. The van der Waals surface area contributed by atoms with Crippen LogP contribution in [0.3, 0.4) is 0 Å². The highest BCUT2D eigenvalue weighted by Gasteiger charge is 2.34. The molecule has 0 spiro atoms. The van der Waals surface area contributed by atoms with E-state index in [1.165, 1.54) is 0 Å². The van der Waals surface area contributed by atoms with Crippen molar-refractivity contribution in [3.05, 3.63) is 54.1 Å². The molecule has 0 radical (unpaired) electrons. The molecule has 7 heteroatoms. The number of nitrogens with two attached hydrogens (primary N) is 1. The minimum absolute atomic E-state index is 0.0675. The largest absolute Gasteiger partial charge is 0.482 e.